The Morgan fingerprint density at radius 3 is 2.80 bits per heavy atom. The van der Waals surface area contributed by atoms with Gasteiger partial charge in [0.2, 0.25) is 5.82 Å². The van der Waals surface area contributed by atoms with E-state index in [0.717, 1.165) is 25.0 Å². The molecule has 1 aromatic rings. The van der Waals surface area contributed by atoms with E-state index in [1.807, 2.05) is 0 Å². The van der Waals surface area contributed by atoms with Gasteiger partial charge in [-0.1, -0.05) is 13.3 Å². The van der Waals surface area contributed by atoms with Crippen LogP contribution in [0, 0.1) is 27.8 Å². The number of amides is 1. The van der Waals surface area contributed by atoms with Crippen molar-refractivity contribution >= 4 is 11.6 Å². The van der Waals surface area contributed by atoms with Gasteiger partial charge in [0.1, 0.15) is 0 Å². The first kappa shape index (κ1) is 14.4. The molecule has 20 heavy (non-hydrogen) atoms. The molecule has 0 radical (unpaired) electrons. The molecule has 6 heteroatoms. The number of hydrogen-bond acceptors (Lipinski definition) is 3. The second-order valence-electron chi connectivity index (χ2n) is 5.42. The standard InChI is InChI=1S/C14H17FN2O3/c1-9-2-3-10(6-9)8-16-14(18)11-4-5-13(17(19)20)12(15)7-11/h4-5,7,9-10H,2-3,6,8H2,1H3,(H,16,18). The number of nitro groups is 1. The molecule has 0 spiro atoms. The summed E-state index contributed by atoms with van der Waals surface area (Å²) >= 11 is 0. The predicted molar refractivity (Wildman–Crippen MR) is 71.9 cm³/mol. The Hall–Kier alpha value is -1.98. The van der Waals surface area contributed by atoms with Crippen LogP contribution in [0.5, 0.6) is 0 Å². The Balaban J connectivity index is 1.95. The molecule has 1 fully saturated rings. The second kappa shape index (κ2) is 5.98. The van der Waals surface area contributed by atoms with E-state index in [9.17, 15) is 19.3 Å². The summed E-state index contributed by atoms with van der Waals surface area (Å²) in [5, 5.41) is 13.3. The molecule has 1 saturated carbocycles. The van der Waals surface area contributed by atoms with Crippen molar-refractivity contribution in [1.82, 2.24) is 5.32 Å². The smallest absolute Gasteiger partial charge is 0.304 e. The first-order chi connectivity index (χ1) is 9.47. The largest absolute Gasteiger partial charge is 0.352 e. The van der Waals surface area contributed by atoms with Gasteiger partial charge in [0, 0.05) is 18.2 Å². The van der Waals surface area contributed by atoms with Crippen LogP contribution in [0.15, 0.2) is 18.2 Å². The zero-order valence-electron chi connectivity index (χ0n) is 11.3. The Kier molecular flexibility index (Phi) is 4.32. The molecule has 0 saturated heterocycles. The molecule has 108 valence electrons. The quantitative estimate of drug-likeness (QED) is 0.680. The number of halogens is 1. The van der Waals surface area contributed by atoms with Gasteiger partial charge in [0.05, 0.1) is 4.92 Å². The molecule has 0 bridgehead atoms. The van der Waals surface area contributed by atoms with Gasteiger partial charge in [-0.05, 0) is 36.8 Å². The average Bonchev–Trinajstić information content (AvgIpc) is 2.81. The first-order valence-electron chi connectivity index (χ1n) is 6.69. The maximum atomic E-state index is 13.4. The van der Waals surface area contributed by atoms with Crippen molar-refractivity contribution in [3.05, 3.63) is 39.7 Å². The molecule has 0 heterocycles. The molecule has 1 amide bonds. The van der Waals surface area contributed by atoms with E-state index in [2.05, 4.69) is 12.2 Å². The van der Waals surface area contributed by atoms with Gasteiger partial charge >= 0.3 is 5.69 Å². The molecule has 2 rings (SSSR count). The van der Waals surface area contributed by atoms with E-state index in [1.54, 1.807) is 0 Å². The SMILES string of the molecule is CC1CCC(CNC(=O)c2ccc([N+](=O)[O-])c(F)c2)C1. The Bertz CT molecular complexity index is 533. The number of hydrogen-bond donors (Lipinski definition) is 1. The lowest BCUT2D eigenvalue weighted by atomic mass is 10.1. The van der Waals surface area contributed by atoms with Crippen LogP contribution in [0.1, 0.15) is 36.5 Å². The van der Waals surface area contributed by atoms with Crippen molar-refractivity contribution in [3.63, 3.8) is 0 Å². The van der Waals surface area contributed by atoms with Crippen LogP contribution in [0.2, 0.25) is 0 Å². The second-order valence-corrected chi connectivity index (χ2v) is 5.42. The third-order valence-corrected chi connectivity index (χ3v) is 3.76. The van der Waals surface area contributed by atoms with Crippen LogP contribution in [0.25, 0.3) is 0 Å². The number of carbonyl (C=O) groups is 1. The number of nitro benzene ring substituents is 1. The summed E-state index contributed by atoms with van der Waals surface area (Å²) in [7, 11) is 0. The minimum absolute atomic E-state index is 0.110. The van der Waals surface area contributed by atoms with Crippen LogP contribution in [-0.2, 0) is 0 Å². The third kappa shape index (κ3) is 3.31. The van der Waals surface area contributed by atoms with Crippen molar-refractivity contribution in [2.24, 2.45) is 11.8 Å². The molecular weight excluding hydrogens is 263 g/mol. The summed E-state index contributed by atoms with van der Waals surface area (Å²) in [6.45, 7) is 2.76. The lowest BCUT2D eigenvalue weighted by molar-refractivity contribution is -0.387. The summed E-state index contributed by atoms with van der Waals surface area (Å²) in [5.74, 6) is -0.221. The van der Waals surface area contributed by atoms with Gasteiger partial charge in [-0.3, -0.25) is 14.9 Å². The van der Waals surface area contributed by atoms with Crippen LogP contribution < -0.4 is 5.32 Å². The topological polar surface area (TPSA) is 72.2 Å². The van der Waals surface area contributed by atoms with Gasteiger partial charge < -0.3 is 5.32 Å². The van der Waals surface area contributed by atoms with Crippen molar-refractivity contribution in [2.75, 3.05) is 6.54 Å². The fourth-order valence-electron chi connectivity index (χ4n) is 2.65. The number of rotatable bonds is 4. The summed E-state index contributed by atoms with van der Waals surface area (Å²) in [4.78, 5) is 21.6. The summed E-state index contributed by atoms with van der Waals surface area (Å²) in [6, 6.07) is 3.19. The molecule has 0 aliphatic heterocycles. The minimum Gasteiger partial charge on any atom is -0.352 e. The maximum Gasteiger partial charge on any atom is 0.304 e. The monoisotopic (exact) mass is 280 g/mol. The summed E-state index contributed by atoms with van der Waals surface area (Å²) in [6.07, 6.45) is 3.36. The van der Waals surface area contributed by atoms with Crippen molar-refractivity contribution in [3.8, 4) is 0 Å². The molecule has 2 unspecified atom stereocenters. The van der Waals surface area contributed by atoms with Gasteiger partial charge in [-0.2, -0.15) is 4.39 Å². The van der Waals surface area contributed by atoms with Gasteiger partial charge in [0.15, 0.2) is 0 Å². The number of nitrogens with one attached hydrogen (secondary N) is 1. The number of benzene rings is 1. The molecule has 5 nitrogen and oxygen atoms in total. The minimum atomic E-state index is -0.989. The maximum absolute atomic E-state index is 13.4. The number of nitrogens with zero attached hydrogens (tertiary/aromatic N) is 1. The van der Waals surface area contributed by atoms with Crippen LogP contribution in [0.4, 0.5) is 10.1 Å². The molecule has 1 N–H and O–H groups in total. The normalized spacial score (nSPS) is 21.7. The van der Waals surface area contributed by atoms with Crippen LogP contribution in [0.3, 0.4) is 0 Å². The van der Waals surface area contributed by atoms with Gasteiger partial charge in [-0.25, -0.2) is 0 Å². The van der Waals surface area contributed by atoms with E-state index in [1.165, 1.54) is 12.5 Å². The van der Waals surface area contributed by atoms with E-state index < -0.39 is 22.3 Å². The molecule has 1 aliphatic rings. The molecular formula is C14H17FN2O3. The summed E-state index contributed by atoms with van der Waals surface area (Å²) in [5.41, 5.74) is -0.509. The Morgan fingerprint density at radius 2 is 2.25 bits per heavy atom. The summed E-state index contributed by atoms with van der Waals surface area (Å²) < 4.78 is 13.4. The van der Waals surface area contributed by atoms with Crippen LogP contribution >= 0.6 is 0 Å². The Morgan fingerprint density at radius 1 is 1.50 bits per heavy atom. The highest BCUT2D eigenvalue weighted by molar-refractivity contribution is 5.94. The fraction of sp³-hybridized carbons (Fsp3) is 0.500. The van der Waals surface area contributed by atoms with E-state index in [4.69, 9.17) is 0 Å². The lowest BCUT2D eigenvalue weighted by Crippen LogP contribution is -2.28. The highest BCUT2D eigenvalue weighted by atomic mass is 19.1. The van der Waals surface area contributed by atoms with Crippen LogP contribution in [-0.4, -0.2) is 17.4 Å². The van der Waals surface area contributed by atoms with E-state index in [0.29, 0.717) is 18.4 Å². The Labute approximate surface area is 116 Å². The highest BCUT2D eigenvalue weighted by Gasteiger charge is 2.22. The highest BCUT2D eigenvalue weighted by Crippen LogP contribution is 2.29. The predicted octanol–water partition coefficient (Wildman–Crippen LogP) is 2.90. The van der Waals surface area contributed by atoms with E-state index >= 15 is 0 Å². The van der Waals surface area contributed by atoms with Gasteiger partial charge in [-0.15, -0.1) is 0 Å². The van der Waals surface area contributed by atoms with Crippen molar-refractivity contribution in [2.45, 2.75) is 26.2 Å². The van der Waals surface area contributed by atoms with E-state index in [-0.39, 0.29) is 5.56 Å². The van der Waals surface area contributed by atoms with Crippen molar-refractivity contribution in [1.29, 1.82) is 0 Å². The fourth-order valence-corrected chi connectivity index (χ4v) is 2.65. The lowest BCUT2D eigenvalue weighted by Gasteiger charge is -2.11. The number of carbonyl (C=O) groups excluding carboxylic acids is 1. The molecule has 2 atom stereocenters. The molecule has 1 aliphatic carbocycles. The van der Waals surface area contributed by atoms with Gasteiger partial charge in [0.25, 0.3) is 5.91 Å². The first-order valence-corrected chi connectivity index (χ1v) is 6.69. The molecule has 1 aromatic carbocycles. The zero-order valence-corrected chi connectivity index (χ0v) is 11.3. The third-order valence-electron chi connectivity index (χ3n) is 3.76. The zero-order chi connectivity index (χ0) is 14.7. The molecule has 0 aromatic heterocycles. The average molecular weight is 280 g/mol. The van der Waals surface area contributed by atoms with Crippen molar-refractivity contribution < 1.29 is 14.1 Å².